The van der Waals surface area contributed by atoms with Crippen LogP contribution in [0, 0.1) is 11.8 Å². The molecule has 1 aromatic heterocycles. The van der Waals surface area contributed by atoms with E-state index in [0.717, 1.165) is 44.6 Å². The summed E-state index contributed by atoms with van der Waals surface area (Å²) in [5.41, 5.74) is 0.913. The highest BCUT2D eigenvalue weighted by Crippen LogP contribution is 2.51. The third-order valence-electron chi connectivity index (χ3n) is 6.39. The standard InChI is InChI=1S/C22H29N3O4/c1-27-18-9-4-6-15(10-18)12-25-13-16-7-5-8-17(14-25)22(16,26)19-11-23-21(29-3)24-20(19)28-2/h4,6,9-11,16-17,26H,5,7-8,12-14H2,1-3H3/t16-,17-/m1/s1. The Labute approximate surface area is 171 Å². The molecule has 0 spiro atoms. The van der Waals surface area contributed by atoms with Crippen molar-refractivity contribution in [3.8, 4) is 17.6 Å². The number of nitrogens with zero attached hydrogens (tertiary/aromatic N) is 3. The molecule has 1 aromatic carbocycles. The minimum absolute atomic E-state index is 0.103. The maximum atomic E-state index is 11.9. The fourth-order valence-corrected chi connectivity index (χ4v) is 5.02. The van der Waals surface area contributed by atoms with Gasteiger partial charge in [0.05, 0.1) is 26.9 Å². The summed E-state index contributed by atoms with van der Waals surface area (Å²) in [4.78, 5) is 11.0. The van der Waals surface area contributed by atoms with Crippen LogP contribution in [-0.4, -0.2) is 54.4 Å². The molecule has 4 rings (SSSR count). The molecule has 2 aliphatic rings. The molecule has 1 aliphatic carbocycles. The molecule has 2 fully saturated rings. The summed E-state index contributed by atoms with van der Waals surface area (Å²) < 4.78 is 16.0. The number of methoxy groups -OCH3 is 3. The SMILES string of the molecule is COc1cccc(CN2C[C@H]3CCC[C@H](C2)C3(O)c2cnc(OC)nc2OC)c1. The summed E-state index contributed by atoms with van der Waals surface area (Å²) in [6.45, 7) is 2.48. The van der Waals surface area contributed by atoms with E-state index in [0.29, 0.717) is 11.4 Å². The minimum atomic E-state index is -0.985. The van der Waals surface area contributed by atoms with E-state index in [9.17, 15) is 5.11 Å². The zero-order valence-corrected chi connectivity index (χ0v) is 17.3. The summed E-state index contributed by atoms with van der Waals surface area (Å²) in [6, 6.07) is 8.43. The minimum Gasteiger partial charge on any atom is -0.497 e. The maximum absolute atomic E-state index is 11.9. The highest BCUT2D eigenvalue weighted by atomic mass is 16.5. The van der Waals surface area contributed by atoms with E-state index in [-0.39, 0.29) is 17.8 Å². The van der Waals surface area contributed by atoms with Gasteiger partial charge in [-0.1, -0.05) is 18.6 Å². The van der Waals surface area contributed by atoms with Gasteiger partial charge >= 0.3 is 6.01 Å². The second-order valence-corrected chi connectivity index (χ2v) is 7.98. The fraction of sp³-hybridized carbons (Fsp3) is 0.545. The highest BCUT2D eigenvalue weighted by Gasteiger charge is 2.53. The number of benzene rings is 1. The third-order valence-corrected chi connectivity index (χ3v) is 6.39. The number of piperidine rings is 1. The van der Waals surface area contributed by atoms with Gasteiger partial charge in [0, 0.05) is 37.7 Å². The van der Waals surface area contributed by atoms with Crippen molar-refractivity contribution in [1.82, 2.24) is 14.9 Å². The van der Waals surface area contributed by atoms with Gasteiger partial charge in [-0.3, -0.25) is 4.90 Å². The number of rotatable bonds is 6. The Hall–Kier alpha value is -2.38. The number of hydrogen-bond acceptors (Lipinski definition) is 7. The number of aromatic nitrogens is 2. The Kier molecular flexibility index (Phi) is 5.61. The summed E-state index contributed by atoms with van der Waals surface area (Å²) in [5, 5.41) is 11.9. The largest absolute Gasteiger partial charge is 0.497 e. The van der Waals surface area contributed by atoms with Crippen LogP contribution in [0.1, 0.15) is 30.4 Å². The lowest BCUT2D eigenvalue weighted by Crippen LogP contribution is -2.58. The van der Waals surface area contributed by atoms with Crippen LogP contribution in [0.2, 0.25) is 0 Å². The lowest BCUT2D eigenvalue weighted by Gasteiger charge is -2.53. The molecular weight excluding hydrogens is 370 g/mol. The topological polar surface area (TPSA) is 76.9 Å². The zero-order chi connectivity index (χ0) is 20.4. The number of ether oxygens (including phenoxy) is 3. The van der Waals surface area contributed by atoms with E-state index in [2.05, 4.69) is 27.0 Å². The van der Waals surface area contributed by atoms with Gasteiger partial charge in [0.2, 0.25) is 5.88 Å². The molecule has 1 saturated heterocycles. The normalized spacial score (nSPS) is 26.8. The smallest absolute Gasteiger partial charge is 0.319 e. The van der Waals surface area contributed by atoms with Crippen LogP contribution in [0.4, 0.5) is 0 Å². The number of fused-ring (bicyclic) bond motifs is 2. The van der Waals surface area contributed by atoms with Crippen LogP contribution in [0.15, 0.2) is 30.5 Å². The van der Waals surface area contributed by atoms with Crippen molar-refractivity contribution in [3.63, 3.8) is 0 Å². The average Bonchev–Trinajstić information content (AvgIpc) is 2.74. The van der Waals surface area contributed by atoms with Crippen molar-refractivity contribution in [2.75, 3.05) is 34.4 Å². The zero-order valence-electron chi connectivity index (χ0n) is 17.3. The first-order valence-electron chi connectivity index (χ1n) is 10.1. The van der Waals surface area contributed by atoms with Crippen molar-refractivity contribution in [1.29, 1.82) is 0 Å². The van der Waals surface area contributed by atoms with E-state index < -0.39 is 5.60 Å². The van der Waals surface area contributed by atoms with Crippen LogP contribution in [0.5, 0.6) is 17.6 Å². The van der Waals surface area contributed by atoms with Gasteiger partial charge in [-0.15, -0.1) is 0 Å². The molecule has 1 saturated carbocycles. The van der Waals surface area contributed by atoms with Crippen molar-refractivity contribution in [2.24, 2.45) is 11.8 Å². The molecule has 156 valence electrons. The molecule has 2 bridgehead atoms. The lowest BCUT2D eigenvalue weighted by atomic mass is 9.63. The molecule has 2 heterocycles. The van der Waals surface area contributed by atoms with Gasteiger partial charge in [-0.05, 0) is 30.5 Å². The summed E-state index contributed by atoms with van der Waals surface area (Å²) in [7, 11) is 4.78. The van der Waals surface area contributed by atoms with Crippen LogP contribution in [-0.2, 0) is 12.1 Å². The predicted octanol–water partition coefficient (Wildman–Crippen LogP) is 2.62. The molecule has 7 heteroatoms. The van der Waals surface area contributed by atoms with Crippen LogP contribution >= 0.6 is 0 Å². The van der Waals surface area contributed by atoms with E-state index in [4.69, 9.17) is 14.2 Å². The second kappa shape index (κ2) is 8.16. The molecular formula is C22H29N3O4. The lowest BCUT2D eigenvalue weighted by molar-refractivity contribution is -0.149. The predicted molar refractivity (Wildman–Crippen MR) is 108 cm³/mol. The summed E-state index contributed by atoms with van der Waals surface area (Å²) >= 11 is 0. The average molecular weight is 399 g/mol. The van der Waals surface area contributed by atoms with Gasteiger partial charge in [0.1, 0.15) is 11.4 Å². The van der Waals surface area contributed by atoms with E-state index in [1.165, 1.54) is 12.7 Å². The Bertz CT molecular complexity index is 846. The number of hydrogen-bond donors (Lipinski definition) is 1. The summed E-state index contributed by atoms with van der Waals surface area (Å²) in [6.07, 6.45) is 4.74. The van der Waals surface area contributed by atoms with Crippen molar-refractivity contribution in [2.45, 2.75) is 31.4 Å². The molecule has 1 aliphatic heterocycles. The summed E-state index contributed by atoms with van der Waals surface area (Å²) in [5.74, 6) is 1.48. The molecule has 2 atom stereocenters. The van der Waals surface area contributed by atoms with Crippen LogP contribution in [0.25, 0.3) is 0 Å². The van der Waals surface area contributed by atoms with Gasteiger partial charge < -0.3 is 19.3 Å². The van der Waals surface area contributed by atoms with Crippen molar-refractivity contribution < 1.29 is 19.3 Å². The molecule has 29 heavy (non-hydrogen) atoms. The van der Waals surface area contributed by atoms with E-state index >= 15 is 0 Å². The van der Waals surface area contributed by atoms with Crippen LogP contribution in [0.3, 0.4) is 0 Å². The van der Waals surface area contributed by atoms with Crippen molar-refractivity contribution in [3.05, 3.63) is 41.6 Å². The first-order chi connectivity index (χ1) is 14.1. The third kappa shape index (κ3) is 3.65. The highest BCUT2D eigenvalue weighted by molar-refractivity contribution is 5.35. The molecule has 0 unspecified atom stereocenters. The van der Waals surface area contributed by atoms with Gasteiger partial charge in [0.15, 0.2) is 0 Å². The van der Waals surface area contributed by atoms with E-state index in [1.54, 1.807) is 20.4 Å². The second-order valence-electron chi connectivity index (χ2n) is 7.98. The molecule has 7 nitrogen and oxygen atoms in total. The molecule has 2 aromatic rings. The molecule has 0 amide bonds. The maximum Gasteiger partial charge on any atom is 0.319 e. The quantitative estimate of drug-likeness (QED) is 0.800. The van der Waals surface area contributed by atoms with Gasteiger partial charge in [0.25, 0.3) is 0 Å². The Balaban J connectivity index is 1.60. The van der Waals surface area contributed by atoms with Gasteiger partial charge in [-0.25, -0.2) is 4.98 Å². The van der Waals surface area contributed by atoms with E-state index in [1.807, 2.05) is 12.1 Å². The Morgan fingerprint density at radius 3 is 2.52 bits per heavy atom. The van der Waals surface area contributed by atoms with Crippen molar-refractivity contribution >= 4 is 0 Å². The molecule has 0 radical (unpaired) electrons. The van der Waals surface area contributed by atoms with Crippen LogP contribution < -0.4 is 14.2 Å². The Morgan fingerprint density at radius 2 is 1.86 bits per heavy atom. The first kappa shape index (κ1) is 19.9. The Morgan fingerprint density at radius 1 is 1.10 bits per heavy atom. The first-order valence-corrected chi connectivity index (χ1v) is 10.1. The fourth-order valence-electron chi connectivity index (χ4n) is 5.02. The number of aliphatic hydroxyl groups is 1. The van der Waals surface area contributed by atoms with Gasteiger partial charge in [-0.2, -0.15) is 4.98 Å². The molecule has 1 N–H and O–H groups in total. The monoisotopic (exact) mass is 399 g/mol. The number of likely N-dealkylation sites (tertiary alicyclic amines) is 1.